The number of hydrogen-bond donors (Lipinski definition) is 0. The van der Waals surface area contributed by atoms with Gasteiger partial charge >= 0.3 is 11.9 Å². The molecule has 1 aliphatic carbocycles. The van der Waals surface area contributed by atoms with Gasteiger partial charge in [0.15, 0.2) is 0 Å². The van der Waals surface area contributed by atoms with Crippen molar-refractivity contribution < 1.29 is 28.7 Å². The summed E-state index contributed by atoms with van der Waals surface area (Å²) in [6.45, 7) is 23.3. The van der Waals surface area contributed by atoms with Crippen LogP contribution in [0.4, 0.5) is 0 Å². The summed E-state index contributed by atoms with van der Waals surface area (Å²) >= 11 is 0. The zero-order valence-corrected chi connectivity index (χ0v) is 29.8. The van der Waals surface area contributed by atoms with Gasteiger partial charge in [0.1, 0.15) is 16.6 Å². The number of carbonyl (C=O) groups is 4. The first-order valence-electron chi connectivity index (χ1n) is 16.6. The number of ether oxygens (including phenoxy) is 2. The van der Waals surface area contributed by atoms with Gasteiger partial charge in [-0.05, 0) is 93.2 Å². The van der Waals surface area contributed by atoms with Gasteiger partial charge in [-0.1, -0.05) is 67.2 Å². The van der Waals surface area contributed by atoms with Gasteiger partial charge in [-0.3, -0.25) is 19.2 Å². The summed E-state index contributed by atoms with van der Waals surface area (Å²) in [6, 6.07) is 19.6. The van der Waals surface area contributed by atoms with E-state index in [-0.39, 0.29) is 36.4 Å². The first-order chi connectivity index (χ1) is 21.7. The summed E-state index contributed by atoms with van der Waals surface area (Å²) in [5, 5.41) is 0. The first-order valence-corrected chi connectivity index (χ1v) is 16.6. The van der Waals surface area contributed by atoms with Crippen molar-refractivity contribution in [3.63, 3.8) is 0 Å². The molecule has 3 aliphatic rings. The van der Waals surface area contributed by atoms with E-state index in [1.54, 1.807) is 11.8 Å². The second-order valence-electron chi connectivity index (χ2n) is 15.8. The first kappa shape index (κ1) is 35.9. The number of amides is 2. The number of benzene rings is 2. The number of rotatable bonds is 6. The quantitative estimate of drug-likeness (QED) is 0.244. The Hall–Kier alpha value is -3.94. The molecular weight excluding hydrogens is 592 g/mol. The summed E-state index contributed by atoms with van der Waals surface area (Å²) in [6.07, 6.45) is 1.55. The highest BCUT2D eigenvalue weighted by molar-refractivity contribution is 6.04. The minimum Gasteiger partial charge on any atom is -0.459 e. The fourth-order valence-electron chi connectivity index (χ4n) is 6.56. The standard InChI is InChI=1S/C20H27NO3.C19H25NO3/c1-14(15-9-7-6-8-10-15)21-13-19(5,17(23)24-18(2,3)4)20(11-12-20)16(21)22;1-13-16(21)20(14(2)15-10-8-7-9-11-15)12-19(13,6)17(22)23-18(3,4)5/h6-10,14H,11-13H2,1-5H3;7-11,14H,1,12H2,2-6H3/t14-,19+;14-,19-/m11/s1. The lowest BCUT2D eigenvalue weighted by molar-refractivity contribution is -0.170. The molecule has 8 nitrogen and oxygen atoms in total. The molecule has 0 radical (unpaired) electrons. The normalized spacial score (nSPS) is 24.9. The van der Waals surface area contributed by atoms with E-state index in [4.69, 9.17) is 9.47 Å². The van der Waals surface area contributed by atoms with E-state index in [2.05, 4.69) is 6.58 Å². The number of carbonyl (C=O) groups excluding carboxylic acids is 4. The number of hydrogen-bond acceptors (Lipinski definition) is 6. The summed E-state index contributed by atoms with van der Waals surface area (Å²) in [4.78, 5) is 54.8. The van der Waals surface area contributed by atoms with E-state index in [0.717, 1.165) is 24.0 Å². The van der Waals surface area contributed by atoms with E-state index < -0.39 is 33.4 Å². The predicted octanol–water partition coefficient (Wildman–Crippen LogP) is 7.21. The number of esters is 2. The molecule has 0 unspecified atom stereocenters. The van der Waals surface area contributed by atoms with E-state index in [9.17, 15) is 19.2 Å². The van der Waals surface area contributed by atoms with Crippen LogP contribution in [0.25, 0.3) is 0 Å². The minimum atomic E-state index is -1.01. The average molecular weight is 645 g/mol. The van der Waals surface area contributed by atoms with Gasteiger partial charge in [-0.15, -0.1) is 0 Å². The van der Waals surface area contributed by atoms with Crippen LogP contribution in [-0.2, 0) is 28.7 Å². The molecule has 5 rings (SSSR count). The van der Waals surface area contributed by atoms with Gasteiger partial charge in [0.2, 0.25) is 5.91 Å². The molecule has 4 atom stereocenters. The Labute approximate surface area is 280 Å². The molecule has 2 aromatic carbocycles. The van der Waals surface area contributed by atoms with Crippen LogP contribution in [0.3, 0.4) is 0 Å². The molecule has 254 valence electrons. The third-order valence-electron chi connectivity index (χ3n) is 9.83. The highest BCUT2D eigenvalue weighted by Gasteiger charge is 2.72. The van der Waals surface area contributed by atoms with E-state index in [1.807, 2.05) is 128 Å². The minimum absolute atomic E-state index is 0.0413. The lowest BCUT2D eigenvalue weighted by Gasteiger charge is -2.31. The fourth-order valence-corrected chi connectivity index (χ4v) is 6.56. The molecular formula is C39H52N2O6. The van der Waals surface area contributed by atoms with Crippen molar-refractivity contribution in [2.24, 2.45) is 16.2 Å². The number of likely N-dealkylation sites (tertiary alicyclic amines) is 2. The molecule has 2 aliphatic heterocycles. The van der Waals surface area contributed by atoms with Crippen LogP contribution in [0.5, 0.6) is 0 Å². The second kappa shape index (κ2) is 12.6. The molecule has 8 heteroatoms. The maximum absolute atomic E-state index is 13.1. The molecule has 1 saturated carbocycles. The summed E-state index contributed by atoms with van der Waals surface area (Å²) in [7, 11) is 0. The SMILES string of the molecule is C=C1C(=O)N([C@H](C)c2ccccc2)C[C@@]1(C)C(=O)OC(C)(C)C.C[C@H](c1ccccc1)N1C[C@@](C)(C(=O)OC(C)(C)C)C2(CC2)C1=O. The van der Waals surface area contributed by atoms with E-state index >= 15 is 0 Å². The Morgan fingerprint density at radius 3 is 1.57 bits per heavy atom. The van der Waals surface area contributed by atoms with Crippen LogP contribution in [0.15, 0.2) is 72.8 Å². The van der Waals surface area contributed by atoms with Crippen LogP contribution < -0.4 is 0 Å². The Morgan fingerprint density at radius 1 is 0.723 bits per heavy atom. The fraction of sp³-hybridized carbons (Fsp3) is 0.538. The van der Waals surface area contributed by atoms with Crippen LogP contribution in [0, 0.1) is 16.2 Å². The van der Waals surface area contributed by atoms with Crippen molar-refractivity contribution in [3.05, 3.63) is 83.9 Å². The third kappa shape index (κ3) is 7.02. The summed E-state index contributed by atoms with van der Waals surface area (Å²) in [5.74, 6) is -0.725. The van der Waals surface area contributed by atoms with Crippen LogP contribution in [0.2, 0.25) is 0 Å². The van der Waals surface area contributed by atoms with Gasteiger partial charge in [0, 0.05) is 18.7 Å². The van der Waals surface area contributed by atoms with E-state index in [0.29, 0.717) is 12.1 Å². The predicted molar refractivity (Wildman–Crippen MR) is 182 cm³/mol. The van der Waals surface area contributed by atoms with Crippen molar-refractivity contribution in [2.75, 3.05) is 13.1 Å². The van der Waals surface area contributed by atoms with Gasteiger partial charge in [0.25, 0.3) is 5.91 Å². The van der Waals surface area contributed by atoms with Crippen LogP contribution in [0.1, 0.15) is 105 Å². The smallest absolute Gasteiger partial charge is 0.318 e. The summed E-state index contributed by atoms with van der Waals surface area (Å²) < 4.78 is 11.2. The molecule has 2 heterocycles. The molecule has 0 N–H and O–H groups in total. The molecule has 0 bridgehead atoms. The molecule has 2 saturated heterocycles. The lowest BCUT2D eigenvalue weighted by atomic mass is 9.76. The zero-order valence-electron chi connectivity index (χ0n) is 29.8. The van der Waals surface area contributed by atoms with Gasteiger partial charge in [-0.25, -0.2) is 0 Å². The Bertz CT molecular complexity index is 1520. The van der Waals surface area contributed by atoms with Crippen molar-refractivity contribution in [2.45, 2.75) is 105 Å². The molecule has 47 heavy (non-hydrogen) atoms. The lowest BCUT2D eigenvalue weighted by Crippen LogP contribution is -2.42. The molecule has 2 aromatic rings. The Morgan fingerprint density at radius 2 is 1.15 bits per heavy atom. The summed E-state index contributed by atoms with van der Waals surface area (Å²) in [5.41, 5.74) is -1.04. The van der Waals surface area contributed by atoms with Crippen molar-refractivity contribution in [1.82, 2.24) is 9.80 Å². The molecule has 1 spiro atoms. The molecule has 0 aromatic heterocycles. The maximum atomic E-state index is 13.1. The highest BCUT2D eigenvalue weighted by Crippen LogP contribution is 2.65. The topological polar surface area (TPSA) is 93.2 Å². The number of nitrogens with zero attached hydrogens (tertiary/aromatic N) is 2. The largest absolute Gasteiger partial charge is 0.459 e. The van der Waals surface area contributed by atoms with Gasteiger partial charge in [-0.2, -0.15) is 0 Å². The molecule has 2 amide bonds. The van der Waals surface area contributed by atoms with Crippen LogP contribution >= 0.6 is 0 Å². The van der Waals surface area contributed by atoms with Gasteiger partial charge in [0.05, 0.1) is 22.9 Å². The second-order valence-corrected chi connectivity index (χ2v) is 15.8. The van der Waals surface area contributed by atoms with Gasteiger partial charge < -0.3 is 19.3 Å². The maximum Gasteiger partial charge on any atom is 0.318 e. The van der Waals surface area contributed by atoms with Crippen LogP contribution in [-0.4, -0.2) is 57.8 Å². The Balaban J connectivity index is 0.000000213. The highest BCUT2D eigenvalue weighted by atomic mass is 16.6. The van der Waals surface area contributed by atoms with Crippen molar-refractivity contribution >= 4 is 23.8 Å². The van der Waals surface area contributed by atoms with Crippen molar-refractivity contribution in [1.29, 1.82) is 0 Å². The van der Waals surface area contributed by atoms with Crippen molar-refractivity contribution in [3.8, 4) is 0 Å². The Kier molecular flexibility index (Phi) is 9.62. The average Bonchev–Trinajstić information content (AvgIpc) is 3.74. The van der Waals surface area contributed by atoms with E-state index in [1.165, 1.54) is 0 Å². The third-order valence-corrected chi connectivity index (χ3v) is 9.83. The monoisotopic (exact) mass is 644 g/mol. The zero-order chi connectivity index (χ0) is 35.2. The molecule has 3 fully saturated rings.